The summed E-state index contributed by atoms with van der Waals surface area (Å²) in [4.78, 5) is 25.2. The SMILES string of the molecule is N[C@H]1CCC(=O)[C@H]2CCCCN2C1=O. The molecule has 0 aromatic rings. The zero-order chi connectivity index (χ0) is 10.1. The molecule has 2 rings (SSSR count). The van der Waals surface area contributed by atoms with Crippen LogP contribution < -0.4 is 5.73 Å². The second kappa shape index (κ2) is 3.69. The van der Waals surface area contributed by atoms with Crippen LogP contribution in [-0.4, -0.2) is 35.2 Å². The number of Topliss-reactive ketones (excluding diaryl/α,β-unsaturated/α-hetero) is 1. The number of carbonyl (C=O) groups is 2. The van der Waals surface area contributed by atoms with Crippen LogP contribution in [0.15, 0.2) is 0 Å². The Hall–Kier alpha value is -0.900. The van der Waals surface area contributed by atoms with Crippen molar-refractivity contribution in [3.8, 4) is 0 Å². The monoisotopic (exact) mass is 196 g/mol. The van der Waals surface area contributed by atoms with Crippen molar-refractivity contribution in [2.75, 3.05) is 6.54 Å². The van der Waals surface area contributed by atoms with E-state index in [-0.39, 0.29) is 17.7 Å². The number of hydrogen-bond acceptors (Lipinski definition) is 3. The fourth-order valence-electron chi connectivity index (χ4n) is 2.33. The molecule has 2 N–H and O–H groups in total. The van der Waals surface area contributed by atoms with E-state index in [2.05, 4.69) is 0 Å². The third-order valence-electron chi connectivity index (χ3n) is 3.18. The Labute approximate surface area is 83.4 Å². The Balaban J connectivity index is 2.22. The quantitative estimate of drug-likeness (QED) is 0.595. The number of rotatable bonds is 0. The van der Waals surface area contributed by atoms with Gasteiger partial charge in [0.15, 0.2) is 5.78 Å². The van der Waals surface area contributed by atoms with Gasteiger partial charge in [0.05, 0.1) is 12.1 Å². The van der Waals surface area contributed by atoms with Crippen molar-refractivity contribution in [3.05, 3.63) is 0 Å². The van der Waals surface area contributed by atoms with E-state index >= 15 is 0 Å². The normalized spacial score (nSPS) is 33.9. The highest BCUT2D eigenvalue weighted by molar-refractivity contribution is 5.93. The number of ketones is 1. The number of nitrogens with zero attached hydrogens (tertiary/aromatic N) is 1. The summed E-state index contributed by atoms with van der Waals surface area (Å²) in [5.74, 6) is 0.173. The molecule has 0 saturated carbocycles. The van der Waals surface area contributed by atoms with Crippen molar-refractivity contribution in [2.24, 2.45) is 5.73 Å². The molecule has 4 heteroatoms. The summed E-state index contributed by atoms with van der Waals surface area (Å²) >= 11 is 0. The lowest BCUT2D eigenvalue weighted by Gasteiger charge is -2.33. The van der Waals surface area contributed by atoms with Gasteiger partial charge in [-0.3, -0.25) is 9.59 Å². The molecule has 1 amide bonds. The standard InChI is InChI=1S/C10H16N2O2/c11-7-4-5-9(13)8-3-1-2-6-12(8)10(7)14/h7-8H,1-6,11H2/t7-,8+/m0/s1. The lowest BCUT2D eigenvalue weighted by Crippen LogP contribution is -2.50. The zero-order valence-corrected chi connectivity index (χ0v) is 8.24. The van der Waals surface area contributed by atoms with Gasteiger partial charge < -0.3 is 10.6 Å². The Bertz CT molecular complexity index is 265. The Kier molecular flexibility index (Phi) is 2.54. The van der Waals surface area contributed by atoms with Crippen LogP contribution in [0, 0.1) is 0 Å². The number of amides is 1. The molecular formula is C10H16N2O2. The van der Waals surface area contributed by atoms with Crippen LogP contribution in [0.3, 0.4) is 0 Å². The minimum absolute atomic E-state index is 0.0273. The van der Waals surface area contributed by atoms with E-state index in [1.807, 2.05) is 0 Å². The second-order valence-electron chi connectivity index (χ2n) is 4.15. The summed E-state index contributed by atoms with van der Waals surface area (Å²) in [6.07, 6.45) is 3.87. The van der Waals surface area contributed by atoms with Gasteiger partial charge in [-0.15, -0.1) is 0 Å². The highest BCUT2D eigenvalue weighted by Crippen LogP contribution is 2.23. The van der Waals surface area contributed by atoms with Crippen LogP contribution in [0.1, 0.15) is 32.1 Å². The number of hydrogen-bond donors (Lipinski definition) is 1. The third-order valence-corrected chi connectivity index (χ3v) is 3.18. The lowest BCUT2D eigenvalue weighted by atomic mass is 9.98. The molecule has 2 heterocycles. The molecule has 4 nitrogen and oxygen atoms in total. The number of fused-ring (bicyclic) bond motifs is 1. The Morgan fingerprint density at radius 1 is 1.21 bits per heavy atom. The minimum Gasteiger partial charge on any atom is -0.331 e. The van der Waals surface area contributed by atoms with Crippen molar-refractivity contribution in [2.45, 2.75) is 44.2 Å². The van der Waals surface area contributed by atoms with E-state index in [4.69, 9.17) is 5.73 Å². The van der Waals surface area contributed by atoms with Gasteiger partial charge in [-0.05, 0) is 25.7 Å². The van der Waals surface area contributed by atoms with Gasteiger partial charge in [0.1, 0.15) is 0 Å². The van der Waals surface area contributed by atoms with Gasteiger partial charge >= 0.3 is 0 Å². The van der Waals surface area contributed by atoms with Gasteiger partial charge in [0.25, 0.3) is 0 Å². The molecule has 0 bridgehead atoms. The van der Waals surface area contributed by atoms with Gasteiger partial charge in [0.2, 0.25) is 5.91 Å². The average Bonchev–Trinajstić information content (AvgIpc) is 2.33. The molecule has 2 atom stereocenters. The molecule has 2 saturated heterocycles. The summed E-state index contributed by atoms with van der Waals surface area (Å²) in [6.45, 7) is 0.711. The first-order chi connectivity index (χ1) is 6.70. The van der Waals surface area contributed by atoms with Crippen LogP contribution in [-0.2, 0) is 9.59 Å². The fraction of sp³-hybridized carbons (Fsp3) is 0.800. The maximum Gasteiger partial charge on any atom is 0.240 e. The molecule has 2 aliphatic rings. The summed E-state index contributed by atoms with van der Waals surface area (Å²) in [7, 11) is 0. The van der Waals surface area contributed by atoms with Gasteiger partial charge in [-0.1, -0.05) is 0 Å². The smallest absolute Gasteiger partial charge is 0.240 e. The van der Waals surface area contributed by atoms with Gasteiger partial charge in [-0.2, -0.15) is 0 Å². The summed E-state index contributed by atoms with van der Waals surface area (Å²) < 4.78 is 0. The van der Waals surface area contributed by atoms with E-state index in [0.717, 1.165) is 19.3 Å². The fourth-order valence-corrected chi connectivity index (χ4v) is 2.33. The van der Waals surface area contributed by atoms with Crippen molar-refractivity contribution in [3.63, 3.8) is 0 Å². The first-order valence-electron chi connectivity index (χ1n) is 5.29. The highest BCUT2D eigenvalue weighted by atomic mass is 16.2. The van der Waals surface area contributed by atoms with Crippen molar-refractivity contribution in [1.29, 1.82) is 0 Å². The first kappa shape index (κ1) is 9.65. The summed E-state index contributed by atoms with van der Waals surface area (Å²) in [5, 5.41) is 0. The minimum atomic E-state index is -0.456. The van der Waals surface area contributed by atoms with E-state index in [1.165, 1.54) is 0 Å². The van der Waals surface area contributed by atoms with E-state index in [9.17, 15) is 9.59 Å². The maximum atomic E-state index is 11.8. The summed E-state index contributed by atoms with van der Waals surface area (Å²) in [6, 6.07) is -0.619. The van der Waals surface area contributed by atoms with Crippen LogP contribution in [0.2, 0.25) is 0 Å². The largest absolute Gasteiger partial charge is 0.331 e. The van der Waals surface area contributed by atoms with Crippen molar-refractivity contribution < 1.29 is 9.59 Å². The van der Waals surface area contributed by atoms with Gasteiger partial charge in [0, 0.05) is 13.0 Å². The molecule has 0 aromatic heterocycles. The van der Waals surface area contributed by atoms with Crippen LogP contribution in [0.5, 0.6) is 0 Å². The molecule has 0 unspecified atom stereocenters. The molecule has 14 heavy (non-hydrogen) atoms. The predicted molar refractivity (Wildman–Crippen MR) is 51.6 cm³/mol. The van der Waals surface area contributed by atoms with Crippen LogP contribution in [0.25, 0.3) is 0 Å². The second-order valence-corrected chi connectivity index (χ2v) is 4.15. The van der Waals surface area contributed by atoms with Crippen LogP contribution in [0.4, 0.5) is 0 Å². The molecule has 0 aliphatic carbocycles. The lowest BCUT2D eigenvalue weighted by molar-refractivity contribution is -0.139. The topological polar surface area (TPSA) is 63.4 Å². The molecule has 2 fully saturated rings. The van der Waals surface area contributed by atoms with Crippen LogP contribution >= 0.6 is 0 Å². The predicted octanol–water partition coefficient (Wildman–Crippen LogP) is 0.0577. The highest BCUT2D eigenvalue weighted by Gasteiger charge is 2.36. The molecule has 0 aromatic carbocycles. The molecular weight excluding hydrogens is 180 g/mol. The number of nitrogens with two attached hydrogens (primary N) is 1. The first-order valence-corrected chi connectivity index (χ1v) is 5.29. The Morgan fingerprint density at radius 3 is 2.79 bits per heavy atom. The number of carbonyl (C=O) groups excluding carboxylic acids is 2. The van der Waals surface area contributed by atoms with E-state index in [0.29, 0.717) is 19.4 Å². The average molecular weight is 196 g/mol. The van der Waals surface area contributed by atoms with Crippen molar-refractivity contribution >= 4 is 11.7 Å². The maximum absolute atomic E-state index is 11.8. The molecule has 2 aliphatic heterocycles. The summed E-state index contributed by atoms with van der Waals surface area (Å²) in [5.41, 5.74) is 5.70. The molecule has 0 radical (unpaired) electrons. The molecule has 0 spiro atoms. The zero-order valence-electron chi connectivity index (χ0n) is 8.24. The Morgan fingerprint density at radius 2 is 2.00 bits per heavy atom. The van der Waals surface area contributed by atoms with E-state index < -0.39 is 6.04 Å². The van der Waals surface area contributed by atoms with Gasteiger partial charge in [-0.25, -0.2) is 0 Å². The molecule has 78 valence electrons. The number of piperidine rings is 1. The third kappa shape index (κ3) is 1.54. The van der Waals surface area contributed by atoms with Crippen molar-refractivity contribution in [1.82, 2.24) is 4.90 Å². The van der Waals surface area contributed by atoms with E-state index in [1.54, 1.807) is 4.90 Å².